The van der Waals surface area contributed by atoms with Gasteiger partial charge >= 0.3 is 0 Å². The SMILES string of the molecule is CNc1ccc(F)c(Nc2ncccc2-c2ncnc3c2ccn3O)c1F. The summed E-state index contributed by atoms with van der Waals surface area (Å²) in [6, 6.07) is 7.51. The minimum Gasteiger partial charge on any atom is -0.427 e. The molecule has 3 N–H and O–H groups in total. The number of rotatable bonds is 4. The Labute approximate surface area is 152 Å². The molecule has 0 spiro atoms. The molecule has 1 aromatic carbocycles. The van der Waals surface area contributed by atoms with Gasteiger partial charge in [0.25, 0.3) is 0 Å². The zero-order chi connectivity index (χ0) is 19.0. The highest BCUT2D eigenvalue weighted by atomic mass is 19.1. The fraction of sp³-hybridized carbons (Fsp3) is 0.0556. The number of fused-ring (bicyclic) bond motifs is 1. The number of hydrogen-bond acceptors (Lipinski definition) is 6. The summed E-state index contributed by atoms with van der Waals surface area (Å²) in [6.45, 7) is 0. The molecule has 27 heavy (non-hydrogen) atoms. The first-order chi connectivity index (χ1) is 13.1. The van der Waals surface area contributed by atoms with E-state index >= 15 is 0 Å². The van der Waals surface area contributed by atoms with E-state index in [1.165, 1.54) is 24.8 Å². The molecule has 4 aromatic rings. The maximum atomic E-state index is 14.6. The van der Waals surface area contributed by atoms with Crippen LogP contribution in [0, 0.1) is 11.6 Å². The van der Waals surface area contributed by atoms with E-state index in [0.717, 1.165) is 10.8 Å². The van der Waals surface area contributed by atoms with Crippen molar-refractivity contribution in [3.05, 3.63) is 60.7 Å². The van der Waals surface area contributed by atoms with Crippen LogP contribution in [0.4, 0.5) is 26.0 Å². The molecule has 0 amide bonds. The van der Waals surface area contributed by atoms with Crippen molar-refractivity contribution in [1.82, 2.24) is 19.7 Å². The summed E-state index contributed by atoms with van der Waals surface area (Å²) in [5.74, 6) is -1.30. The fourth-order valence-electron chi connectivity index (χ4n) is 2.83. The van der Waals surface area contributed by atoms with Gasteiger partial charge in [-0.2, -0.15) is 4.73 Å². The number of benzene rings is 1. The first-order valence-electron chi connectivity index (χ1n) is 7.99. The van der Waals surface area contributed by atoms with E-state index in [1.54, 1.807) is 25.2 Å². The topological polar surface area (TPSA) is 87.9 Å². The maximum absolute atomic E-state index is 14.6. The van der Waals surface area contributed by atoms with E-state index in [0.29, 0.717) is 22.3 Å². The molecule has 0 aliphatic carbocycles. The number of nitrogens with one attached hydrogen (secondary N) is 2. The van der Waals surface area contributed by atoms with Crippen molar-refractivity contribution in [3.63, 3.8) is 0 Å². The predicted octanol–water partition coefficient (Wildman–Crippen LogP) is 3.79. The van der Waals surface area contributed by atoms with E-state index in [1.807, 2.05) is 0 Å². The largest absolute Gasteiger partial charge is 0.427 e. The lowest BCUT2D eigenvalue weighted by Gasteiger charge is -2.14. The Balaban J connectivity index is 1.86. The smallest absolute Gasteiger partial charge is 0.178 e. The number of halogens is 2. The Morgan fingerprint density at radius 3 is 2.74 bits per heavy atom. The fourth-order valence-corrected chi connectivity index (χ4v) is 2.83. The lowest BCUT2D eigenvalue weighted by atomic mass is 10.1. The van der Waals surface area contributed by atoms with E-state index < -0.39 is 11.6 Å². The van der Waals surface area contributed by atoms with Crippen LogP contribution in [-0.4, -0.2) is 31.9 Å². The Hall–Kier alpha value is -3.75. The van der Waals surface area contributed by atoms with Crippen LogP contribution in [0.3, 0.4) is 0 Å². The molecule has 0 saturated heterocycles. The molecular formula is C18H14F2N6O. The standard InChI is InChI=1S/C18H14F2N6O/c1-21-13-5-4-12(19)16(14(13)20)25-17-10(3-2-7-22-17)15-11-6-8-26(27)18(11)24-9-23-15/h2-9,21,27H,1H3,(H,22,25). The van der Waals surface area contributed by atoms with Gasteiger partial charge in [0, 0.05) is 30.4 Å². The quantitative estimate of drug-likeness (QED) is 0.475. The summed E-state index contributed by atoms with van der Waals surface area (Å²) in [7, 11) is 1.55. The third-order valence-corrected chi connectivity index (χ3v) is 4.13. The third kappa shape index (κ3) is 2.78. The molecule has 3 aromatic heterocycles. The van der Waals surface area contributed by atoms with E-state index in [-0.39, 0.29) is 17.2 Å². The first-order valence-corrected chi connectivity index (χ1v) is 7.99. The lowest BCUT2D eigenvalue weighted by Crippen LogP contribution is -2.04. The number of hydrogen-bond donors (Lipinski definition) is 3. The molecule has 0 fully saturated rings. The van der Waals surface area contributed by atoms with Crippen LogP contribution in [0.2, 0.25) is 0 Å². The van der Waals surface area contributed by atoms with Crippen LogP contribution in [0.5, 0.6) is 0 Å². The second-order valence-electron chi connectivity index (χ2n) is 5.68. The Bertz CT molecular complexity index is 1140. The third-order valence-electron chi connectivity index (χ3n) is 4.13. The van der Waals surface area contributed by atoms with Crippen molar-refractivity contribution in [1.29, 1.82) is 0 Å². The van der Waals surface area contributed by atoms with Crippen molar-refractivity contribution in [3.8, 4) is 11.3 Å². The second-order valence-corrected chi connectivity index (χ2v) is 5.68. The molecule has 136 valence electrons. The molecule has 9 heteroatoms. The van der Waals surface area contributed by atoms with Crippen molar-refractivity contribution in [2.45, 2.75) is 0 Å². The van der Waals surface area contributed by atoms with Crippen molar-refractivity contribution in [2.75, 3.05) is 17.7 Å². The van der Waals surface area contributed by atoms with Crippen molar-refractivity contribution in [2.24, 2.45) is 0 Å². The molecule has 0 atom stereocenters. The number of aromatic nitrogens is 4. The molecule has 7 nitrogen and oxygen atoms in total. The van der Waals surface area contributed by atoms with E-state index in [2.05, 4.69) is 25.6 Å². The van der Waals surface area contributed by atoms with E-state index in [9.17, 15) is 14.0 Å². The Morgan fingerprint density at radius 2 is 1.93 bits per heavy atom. The van der Waals surface area contributed by atoms with Gasteiger partial charge < -0.3 is 15.8 Å². The highest BCUT2D eigenvalue weighted by molar-refractivity contribution is 5.94. The average molecular weight is 368 g/mol. The molecule has 0 saturated carbocycles. The second kappa shape index (κ2) is 6.52. The van der Waals surface area contributed by atoms with Crippen LogP contribution in [0.25, 0.3) is 22.3 Å². The molecule has 3 heterocycles. The van der Waals surface area contributed by atoms with Gasteiger partial charge in [0.2, 0.25) is 0 Å². The van der Waals surface area contributed by atoms with E-state index in [4.69, 9.17) is 0 Å². The lowest BCUT2D eigenvalue weighted by molar-refractivity contribution is 0.198. The van der Waals surface area contributed by atoms with Gasteiger partial charge in [-0.05, 0) is 30.3 Å². The summed E-state index contributed by atoms with van der Waals surface area (Å²) in [5.41, 5.74) is 1.10. The zero-order valence-electron chi connectivity index (χ0n) is 14.1. The van der Waals surface area contributed by atoms with Crippen molar-refractivity contribution < 1.29 is 14.0 Å². The van der Waals surface area contributed by atoms with Gasteiger partial charge in [-0.1, -0.05) is 0 Å². The summed E-state index contributed by atoms with van der Waals surface area (Å²) in [4.78, 5) is 12.5. The number of nitrogens with zero attached hydrogens (tertiary/aromatic N) is 4. The molecule has 0 aliphatic heterocycles. The highest BCUT2D eigenvalue weighted by Crippen LogP contribution is 2.34. The van der Waals surface area contributed by atoms with Crippen LogP contribution >= 0.6 is 0 Å². The first kappa shape index (κ1) is 16.7. The zero-order valence-corrected chi connectivity index (χ0v) is 14.1. The molecule has 0 bridgehead atoms. The van der Waals surface area contributed by atoms with Crippen LogP contribution in [-0.2, 0) is 0 Å². The number of pyridine rings is 1. The van der Waals surface area contributed by atoms with Gasteiger partial charge in [-0.3, -0.25) is 0 Å². The highest BCUT2D eigenvalue weighted by Gasteiger charge is 2.18. The summed E-state index contributed by atoms with van der Waals surface area (Å²) >= 11 is 0. The summed E-state index contributed by atoms with van der Waals surface area (Å²) in [5, 5.41) is 15.8. The average Bonchev–Trinajstić information content (AvgIpc) is 3.07. The monoisotopic (exact) mass is 368 g/mol. The van der Waals surface area contributed by atoms with Gasteiger partial charge in [0.05, 0.1) is 11.4 Å². The molecule has 0 aliphatic rings. The van der Waals surface area contributed by atoms with Crippen LogP contribution in [0.1, 0.15) is 0 Å². The molecule has 0 radical (unpaired) electrons. The number of anilines is 3. The van der Waals surface area contributed by atoms with Gasteiger partial charge in [-0.25, -0.2) is 23.7 Å². The normalized spacial score (nSPS) is 10.9. The maximum Gasteiger partial charge on any atom is 0.178 e. The van der Waals surface area contributed by atoms with Crippen LogP contribution in [0.15, 0.2) is 49.1 Å². The summed E-state index contributed by atoms with van der Waals surface area (Å²) in [6.07, 6.45) is 4.23. The minimum absolute atomic E-state index is 0.151. The Morgan fingerprint density at radius 1 is 1.07 bits per heavy atom. The van der Waals surface area contributed by atoms with Gasteiger partial charge in [0.15, 0.2) is 11.5 Å². The van der Waals surface area contributed by atoms with Gasteiger partial charge in [0.1, 0.15) is 23.6 Å². The summed E-state index contributed by atoms with van der Waals surface area (Å²) < 4.78 is 29.7. The minimum atomic E-state index is -0.761. The molecule has 4 rings (SSSR count). The van der Waals surface area contributed by atoms with Gasteiger partial charge in [-0.15, -0.1) is 0 Å². The predicted molar refractivity (Wildman–Crippen MR) is 97.1 cm³/mol. The van der Waals surface area contributed by atoms with Crippen molar-refractivity contribution >= 4 is 28.2 Å². The molecule has 0 unspecified atom stereocenters. The Kier molecular flexibility index (Phi) is 4.03. The van der Waals surface area contributed by atoms with Crippen LogP contribution < -0.4 is 10.6 Å². The molecular weight excluding hydrogens is 354 g/mol.